The Kier molecular flexibility index (Phi) is 2.83. The van der Waals surface area contributed by atoms with Crippen LogP contribution in [0, 0.1) is 3.70 Å². The standard InChI is InChI=1S/C6H3BrINO2/c7-4-1-3(6(10)11)2-9-5(4)8/h1-2H,(H,10,11). The van der Waals surface area contributed by atoms with Crippen LogP contribution in [0.2, 0.25) is 0 Å². The van der Waals surface area contributed by atoms with Gasteiger partial charge < -0.3 is 5.11 Å². The van der Waals surface area contributed by atoms with Gasteiger partial charge in [-0.15, -0.1) is 0 Å². The second-order valence-corrected chi connectivity index (χ2v) is 3.68. The van der Waals surface area contributed by atoms with Gasteiger partial charge in [-0.05, 0) is 44.6 Å². The molecule has 0 spiro atoms. The molecule has 0 bridgehead atoms. The van der Waals surface area contributed by atoms with E-state index in [0.29, 0.717) is 4.47 Å². The van der Waals surface area contributed by atoms with Crippen LogP contribution in [0.1, 0.15) is 10.4 Å². The largest absolute Gasteiger partial charge is 0.478 e. The predicted molar refractivity (Wildman–Crippen MR) is 51.6 cm³/mol. The minimum absolute atomic E-state index is 0.192. The molecule has 0 saturated heterocycles. The molecule has 1 aromatic rings. The van der Waals surface area contributed by atoms with E-state index in [4.69, 9.17) is 5.11 Å². The molecule has 58 valence electrons. The summed E-state index contributed by atoms with van der Waals surface area (Å²) in [5, 5.41) is 8.54. The quantitative estimate of drug-likeness (QED) is 0.635. The molecule has 1 rings (SSSR count). The number of hydrogen-bond donors (Lipinski definition) is 1. The molecule has 0 aromatic carbocycles. The normalized spacial score (nSPS) is 9.64. The molecule has 0 aliphatic heterocycles. The highest BCUT2D eigenvalue weighted by Gasteiger charge is 2.05. The fourth-order valence-electron chi connectivity index (χ4n) is 0.538. The molecule has 3 nitrogen and oxygen atoms in total. The Morgan fingerprint density at radius 1 is 1.73 bits per heavy atom. The van der Waals surface area contributed by atoms with E-state index in [1.807, 2.05) is 22.6 Å². The molecule has 0 atom stereocenters. The number of hydrogen-bond acceptors (Lipinski definition) is 2. The van der Waals surface area contributed by atoms with Crippen molar-refractivity contribution in [3.8, 4) is 0 Å². The maximum atomic E-state index is 10.4. The Morgan fingerprint density at radius 3 is 2.82 bits per heavy atom. The summed E-state index contributed by atoms with van der Waals surface area (Å²) in [6, 6.07) is 1.52. The average molecular weight is 328 g/mol. The Bertz CT molecular complexity index is 303. The van der Waals surface area contributed by atoms with Crippen molar-refractivity contribution in [3.05, 3.63) is 26.0 Å². The molecule has 1 N–H and O–H groups in total. The first-order valence-corrected chi connectivity index (χ1v) is 4.53. The van der Waals surface area contributed by atoms with E-state index >= 15 is 0 Å². The zero-order valence-corrected chi connectivity index (χ0v) is 8.96. The van der Waals surface area contributed by atoms with Crippen LogP contribution in [-0.2, 0) is 0 Å². The Labute approximate surface area is 85.1 Å². The number of nitrogens with zero attached hydrogens (tertiary/aromatic N) is 1. The van der Waals surface area contributed by atoms with Crippen molar-refractivity contribution in [1.29, 1.82) is 0 Å². The smallest absolute Gasteiger partial charge is 0.337 e. The van der Waals surface area contributed by atoms with Crippen molar-refractivity contribution in [2.75, 3.05) is 0 Å². The first kappa shape index (κ1) is 8.92. The highest BCUT2D eigenvalue weighted by atomic mass is 127. The van der Waals surface area contributed by atoms with Gasteiger partial charge in [0, 0.05) is 6.20 Å². The van der Waals surface area contributed by atoms with Gasteiger partial charge >= 0.3 is 5.97 Å². The summed E-state index contributed by atoms with van der Waals surface area (Å²) in [5.41, 5.74) is 0.192. The van der Waals surface area contributed by atoms with E-state index in [-0.39, 0.29) is 5.56 Å². The summed E-state index contributed by atoms with van der Waals surface area (Å²) in [7, 11) is 0. The highest BCUT2D eigenvalue weighted by Crippen LogP contribution is 2.17. The SMILES string of the molecule is O=C(O)c1cnc(I)c(Br)c1. The van der Waals surface area contributed by atoms with Gasteiger partial charge in [0.2, 0.25) is 0 Å². The molecule has 0 aliphatic carbocycles. The lowest BCUT2D eigenvalue weighted by molar-refractivity contribution is 0.0696. The van der Waals surface area contributed by atoms with Crippen LogP contribution in [0.25, 0.3) is 0 Å². The van der Waals surface area contributed by atoms with E-state index in [2.05, 4.69) is 20.9 Å². The van der Waals surface area contributed by atoms with Crippen molar-refractivity contribution in [2.24, 2.45) is 0 Å². The molecule has 0 unspecified atom stereocenters. The second kappa shape index (κ2) is 3.48. The molecule has 5 heteroatoms. The monoisotopic (exact) mass is 327 g/mol. The Balaban J connectivity index is 3.15. The van der Waals surface area contributed by atoms with Crippen molar-refractivity contribution in [2.45, 2.75) is 0 Å². The van der Waals surface area contributed by atoms with E-state index in [9.17, 15) is 4.79 Å². The van der Waals surface area contributed by atoms with Crippen LogP contribution in [-0.4, -0.2) is 16.1 Å². The molecule has 1 heterocycles. The fraction of sp³-hybridized carbons (Fsp3) is 0. The Morgan fingerprint density at radius 2 is 2.36 bits per heavy atom. The maximum Gasteiger partial charge on any atom is 0.337 e. The molecule has 1 aromatic heterocycles. The highest BCUT2D eigenvalue weighted by molar-refractivity contribution is 14.1. The van der Waals surface area contributed by atoms with Gasteiger partial charge in [-0.3, -0.25) is 0 Å². The van der Waals surface area contributed by atoms with Crippen molar-refractivity contribution in [1.82, 2.24) is 4.98 Å². The predicted octanol–water partition coefficient (Wildman–Crippen LogP) is 2.15. The first-order chi connectivity index (χ1) is 5.11. The molecule has 11 heavy (non-hydrogen) atoms. The van der Waals surface area contributed by atoms with E-state index in [1.54, 1.807) is 0 Å². The van der Waals surface area contributed by atoms with Crippen LogP contribution >= 0.6 is 38.5 Å². The average Bonchev–Trinajstić information content (AvgIpc) is 1.94. The number of pyridine rings is 1. The van der Waals surface area contributed by atoms with Gasteiger partial charge in [0.15, 0.2) is 0 Å². The summed E-state index contributed by atoms with van der Waals surface area (Å²) in [6.45, 7) is 0. The van der Waals surface area contributed by atoms with E-state index in [0.717, 1.165) is 3.70 Å². The second-order valence-electron chi connectivity index (χ2n) is 1.80. The topological polar surface area (TPSA) is 50.2 Å². The number of carboxylic acid groups (broad SMARTS) is 1. The molecule has 0 fully saturated rings. The molecular weight excluding hydrogens is 325 g/mol. The third-order valence-corrected chi connectivity index (χ3v) is 3.25. The van der Waals surface area contributed by atoms with Crippen LogP contribution < -0.4 is 0 Å². The van der Waals surface area contributed by atoms with Crippen molar-refractivity contribution >= 4 is 44.5 Å². The lowest BCUT2D eigenvalue weighted by Crippen LogP contribution is -1.97. The number of carboxylic acids is 1. The lowest BCUT2D eigenvalue weighted by atomic mass is 10.3. The summed E-state index contributed by atoms with van der Waals surface area (Å²) in [5.74, 6) is -0.963. The molecule has 0 radical (unpaired) electrons. The van der Waals surface area contributed by atoms with E-state index < -0.39 is 5.97 Å². The Hall–Kier alpha value is -0.170. The fourth-order valence-corrected chi connectivity index (χ4v) is 1.18. The van der Waals surface area contributed by atoms with Crippen molar-refractivity contribution in [3.63, 3.8) is 0 Å². The van der Waals surface area contributed by atoms with Crippen LogP contribution in [0.5, 0.6) is 0 Å². The first-order valence-electron chi connectivity index (χ1n) is 2.65. The molecular formula is C6H3BrINO2. The van der Waals surface area contributed by atoms with Gasteiger partial charge in [0.1, 0.15) is 3.70 Å². The zero-order chi connectivity index (χ0) is 8.43. The summed E-state index contributed by atoms with van der Waals surface area (Å²) < 4.78 is 1.46. The number of halogens is 2. The number of carbonyl (C=O) groups is 1. The maximum absolute atomic E-state index is 10.4. The molecule has 0 saturated carbocycles. The number of rotatable bonds is 1. The van der Waals surface area contributed by atoms with Gasteiger partial charge in [0.05, 0.1) is 10.0 Å². The third kappa shape index (κ3) is 2.13. The van der Waals surface area contributed by atoms with Gasteiger partial charge in [-0.1, -0.05) is 0 Å². The van der Waals surface area contributed by atoms with Crippen LogP contribution in [0.3, 0.4) is 0 Å². The summed E-state index contributed by atoms with van der Waals surface area (Å²) >= 11 is 5.19. The summed E-state index contributed by atoms with van der Waals surface area (Å²) in [6.07, 6.45) is 1.33. The zero-order valence-electron chi connectivity index (χ0n) is 5.21. The summed E-state index contributed by atoms with van der Waals surface area (Å²) in [4.78, 5) is 14.3. The van der Waals surface area contributed by atoms with Gasteiger partial charge in [-0.2, -0.15) is 0 Å². The minimum Gasteiger partial charge on any atom is -0.478 e. The van der Waals surface area contributed by atoms with Crippen molar-refractivity contribution < 1.29 is 9.90 Å². The lowest BCUT2D eigenvalue weighted by Gasteiger charge is -1.95. The molecule has 0 amide bonds. The van der Waals surface area contributed by atoms with E-state index in [1.165, 1.54) is 12.3 Å². The molecule has 0 aliphatic rings. The third-order valence-electron chi connectivity index (χ3n) is 1.04. The van der Waals surface area contributed by atoms with Crippen LogP contribution in [0.4, 0.5) is 0 Å². The van der Waals surface area contributed by atoms with Gasteiger partial charge in [-0.25, -0.2) is 9.78 Å². The number of aromatic carboxylic acids is 1. The van der Waals surface area contributed by atoms with Crippen LogP contribution in [0.15, 0.2) is 16.7 Å². The van der Waals surface area contributed by atoms with Gasteiger partial charge in [0.25, 0.3) is 0 Å². The minimum atomic E-state index is -0.963. The number of aromatic nitrogens is 1.